The summed E-state index contributed by atoms with van der Waals surface area (Å²) in [5.74, 6) is -7.23. The number of nitrogens with one attached hydrogen (secondary N) is 2. The van der Waals surface area contributed by atoms with Gasteiger partial charge < -0.3 is 5.32 Å². The molecule has 5 amide bonds. The Balaban J connectivity index is 1.71. The Labute approximate surface area is 191 Å². The number of benzene rings is 2. The van der Waals surface area contributed by atoms with Crippen LogP contribution in [0.5, 0.6) is 0 Å². The van der Waals surface area contributed by atoms with Crippen LogP contribution in [0, 0.1) is 12.8 Å². The molecule has 2 unspecified atom stereocenters. The number of amides is 5. The summed E-state index contributed by atoms with van der Waals surface area (Å²) in [5, 5.41) is 3.62. The fraction of sp³-hybridized carbons (Fsp3) is 0.261. The number of fused-ring (bicyclic) bond motifs is 1. The van der Waals surface area contributed by atoms with Crippen molar-refractivity contribution in [1.82, 2.24) is 15.5 Å². The lowest BCUT2D eigenvalue weighted by Crippen LogP contribution is -2.72. The van der Waals surface area contributed by atoms with Gasteiger partial charge in [0.2, 0.25) is 11.4 Å². The number of carbonyl (C=O) groups is 4. The zero-order valence-electron chi connectivity index (χ0n) is 17.8. The predicted octanol–water partition coefficient (Wildman–Crippen LogP) is 2.38. The number of hydrogen-bond acceptors (Lipinski definition) is 4. The summed E-state index contributed by atoms with van der Waals surface area (Å²) in [6.45, 7) is 1.39. The van der Waals surface area contributed by atoms with Gasteiger partial charge in [0.25, 0.3) is 11.8 Å². The molecule has 0 aliphatic carbocycles. The number of aryl methyl sites for hydroxylation is 1. The number of amidine groups is 1. The van der Waals surface area contributed by atoms with Crippen LogP contribution in [-0.2, 0) is 16.0 Å². The van der Waals surface area contributed by atoms with Crippen LogP contribution in [-0.4, -0.2) is 52.7 Å². The number of aliphatic imine (C=N–C) groups is 1. The number of urea groups is 1. The SMILES string of the molecule is Cc1ccccc1C(=O)NC1(C(F)(F)F)C(=O)N=C2C1C(=O)NC(=O)N2CCc1ccccc1. The van der Waals surface area contributed by atoms with Crippen molar-refractivity contribution < 1.29 is 32.3 Å². The number of carbonyl (C=O) groups excluding carboxylic acids is 4. The molecule has 8 nitrogen and oxygen atoms in total. The molecule has 2 aliphatic rings. The Kier molecular flexibility index (Phi) is 5.72. The average Bonchev–Trinajstić information content (AvgIpc) is 3.07. The summed E-state index contributed by atoms with van der Waals surface area (Å²) >= 11 is 0. The van der Waals surface area contributed by atoms with Crippen LogP contribution in [0.2, 0.25) is 0 Å². The smallest absolute Gasteiger partial charge is 0.329 e. The molecule has 2 aliphatic heterocycles. The lowest BCUT2D eigenvalue weighted by molar-refractivity contribution is -0.202. The van der Waals surface area contributed by atoms with Crippen molar-refractivity contribution >= 4 is 29.6 Å². The highest BCUT2D eigenvalue weighted by Crippen LogP contribution is 2.44. The van der Waals surface area contributed by atoms with Crippen molar-refractivity contribution in [3.8, 4) is 0 Å². The van der Waals surface area contributed by atoms with Gasteiger partial charge in [0.15, 0.2) is 0 Å². The Morgan fingerprint density at radius 3 is 2.38 bits per heavy atom. The van der Waals surface area contributed by atoms with Crippen molar-refractivity contribution in [2.75, 3.05) is 6.54 Å². The van der Waals surface area contributed by atoms with Crippen LogP contribution in [0.1, 0.15) is 21.5 Å². The third-order valence-electron chi connectivity index (χ3n) is 5.87. The molecule has 1 saturated heterocycles. The molecule has 0 saturated carbocycles. The minimum atomic E-state index is -5.39. The molecule has 0 spiro atoms. The van der Waals surface area contributed by atoms with E-state index in [2.05, 4.69) is 4.99 Å². The summed E-state index contributed by atoms with van der Waals surface area (Å²) < 4.78 is 43.4. The maximum Gasteiger partial charge on any atom is 0.422 e. The molecule has 11 heteroatoms. The van der Waals surface area contributed by atoms with E-state index in [0.717, 1.165) is 10.5 Å². The fourth-order valence-corrected chi connectivity index (χ4v) is 4.11. The van der Waals surface area contributed by atoms with E-state index >= 15 is 0 Å². The molecular formula is C23H19F3N4O4. The van der Waals surface area contributed by atoms with E-state index in [1.807, 2.05) is 5.32 Å². The van der Waals surface area contributed by atoms with Crippen molar-refractivity contribution in [2.24, 2.45) is 10.9 Å². The first-order chi connectivity index (χ1) is 16.1. The van der Waals surface area contributed by atoms with Crippen LogP contribution >= 0.6 is 0 Å². The van der Waals surface area contributed by atoms with Gasteiger partial charge in [-0.15, -0.1) is 0 Å². The number of hydrogen-bond donors (Lipinski definition) is 2. The molecule has 34 heavy (non-hydrogen) atoms. The monoisotopic (exact) mass is 472 g/mol. The maximum absolute atomic E-state index is 14.5. The standard InChI is InChI=1S/C23H19F3N4O4/c1-13-7-5-6-10-15(13)18(31)29-22(23(24,25)26)16-17(27-20(22)33)30(21(34)28-19(16)32)12-11-14-8-3-2-4-9-14/h2-10,16H,11-12H2,1H3,(H,29,31)(H,28,32,34). The second kappa shape index (κ2) is 8.40. The lowest BCUT2D eigenvalue weighted by atomic mass is 9.81. The summed E-state index contributed by atoms with van der Waals surface area (Å²) in [7, 11) is 0. The molecule has 0 radical (unpaired) electrons. The first kappa shape index (κ1) is 23.1. The fourth-order valence-electron chi connectivity index (χ4n) is 4.11. The molecule has 2 atom stereocenters. The van der Waals surface area contributed by atoms with Gasteiger partial charge in [-0.3, -0.25) is 24.6 Å². The Bertz CT molecular complexity index is 1210. The van der Waals surface area contributed by atoms with E-state index in [1.165, 1.54) is 25.1 Å². The van der Waals surface area contributed by atoms with Gasteiger partial charge in [-0.1, -0.05) is 48.5 Å². The van der Waals surface area contributed by atoms with Crippen molar-refractivity contribution in [3.63, 3.8) is 0 Å². The molecule has 4 rings (SSSR count). The van der Waals surface area contributed by atoms with Crippen LogP contribution < -0.4 is 10.6 Å². The minimum Gasteiger partial charge on any atom is -0.329 e. The minimum absolute atomic E-state index is 0.0967. The predicted molar refractivity (Wildman–Crippen MR) is 114 cm³/mol. The molecule has 2 aromatic carbocycles. The quantitative estimate of drug-likeness (QED) is 0.697. The highest BCUT2D eigenvalue weighted by Gasteiger charge is 2.73. The Morgan fingerprint density at radius 1 is 1.09 bits per heavy atom. The molecule has 2 aromatic rings. The highest BCUT2D eigenvalue weighted by molar-refractivity contribution is 6.27. The number of nitrogens with zero attached hydrogens (tertiary/aromatic N) is 2. The lowest BCUT2D eigenvalue weighted by Gasteiger charge is -2.39. The maximum atomic E-state index is 14.5. The molecule has 176 valence electrons. The number of imide groups is 1. The topological polar surface area (TPSA) is 108 Å². The van der Waals surface area contributed by atoms with Gasteiger partial charge >= 0.3 is 12.2 Å². The van der Waals surface area contributed by atoms with Crippen LogP contribution in [0.4, 0.5) is 18.0 Å². The van der Waals surface area contributed by atoms with Gasteiger partial charge in [-0.2, -0.15) is 18.2 Å². The van der Waals surface area contributed by atoms with Gasteiger partial charge in [-0.05, 0) is 30.5 Å². The molecule has 0 aromatic heterocycles. The molecule has 0 bridgehead atoms. The van der Waals surface area contributed by atoms with E-state index in [4.69, 9.17) is 0 Å². The zero-order valence-corrected chi connectivity index (χ0v) is 17.8. The van der Waals surface area contributed by atoms with E-state index < -0.39 is 47.2 Å². The average molecular weight is 472 g/mol. The molecular weight excluding hydrogens is 453 g/mol. The Morgan fingerprint density at radius 2 is 1.74 bits per heavy atom. The third kappa shape index (κ3) is 3.72. The van der Waals surface area contributed by atoms with Crippen LogP contribution in [0.3, 0.4) is 0 Å². The summed E-state index contributed by atoms with van der Waals surface area (Å²) in [4.78, 5) is 55.1. The van der Waals surface area contributed by atoms with E-state index in [-0.39, 0.29) is 18.5 Å². The van der Waals surface area contributed by atoms with E-state index in [0.29, 0.717) is 5.56 Å². The largest absolute Gasteiger partial charge is 0.422 e. The van der Waals surface area contributed by atoms with Crippen LogP contribution in [0.15, 0.2) is 59.6 Å². The molecule has 2 N–H and O–H groups in total. The van der Waals surface area contributed by atoms with Gasteiger partial charge in [0.1, 0.15) is 11.8 Å². The van der Waals surface area contributed by atoms with E-state index in [1.54, 1.807) is 41.7 Å². The zero-order chi connectivity index (χ0) is 24.7. The van der Waals surface area contributed by atoms with Crippen molar-refractivity contribution in [2.45, 2.75) is 25.1 Å². The second-order valence-electron chi connectivity index (χ2n) is 7.96. The normalized spacial score (nSPS) is 22.2. The summed E-state index contributed by atoms with van der Waals surface area (Å²) in [5.41, 5.74) is -2.60. The van der Waals surface area contributed by atoms with Gasteiger partial charge in [0, 0.05) is 12.1 Å². The summed E-state index contributed by atoms with van der Waals surface area (Å²) in [6.07, 6.45) is -5.15. The number of rotatable bonds is 5. The van der Waals surface area contributed by atoms with Gasteiger partial charge in [0.05, 0.1) is 0 Å². The number of alkyl halides is 3. The molecule has 2 heterocycles. The highest BCUT2D eigenvalue weighted by atomic mass is 19.4. The first-order valence-electron chi connectivity index (χ1n) is 10.3. The second-order valence-corrected chi connectivity index (χ2v) is 7.96. The van der Waals surface area contributed by atoms with Crippen molar-refractivity contribution in [1.29, 1.82) is 0 Å². The first-order valence-corrected chi connectivity index (χ1v) is 10.3. The summed E-state index contributed by atoms with van der Waals surface area (Å²) in [6, 6.07) is 13.7. The van der Waals surface area contributed by atoms with Gasteiger partial charge in [-0.25, -0.2) is 4.79 Å². The Hall–Kier alpha value is -4.02. The number of halogens is 3. The van der Waals surface area contributed by atoms with E-state index in [9.17, 15) is 32.3 Å². The third-order valence-corrected chi connectivity index (χ3v) is 5.87. The van der Waals surface area contributed by atoms with Crippen molar-refractivity contribution in [3.05, 3.63) is 71.3 Å². The van der Waals surface area contributed by atoms with Crippen LogP contribution in [0.25, 0.3) is 0 Å². The molecule has 1 fully saturated rings.